The molecule has 0 aromatic carbocycles. The zero-order valence-corrected chi connectivity index (χ0v) is 5.01. The van der Waals surface area contributed by atoms with Crippen LogP contribution in [-0.4, -0.2) is 11.4 Å². The molecule has 0 amide bonds. The van der Waals surface area contributed by atoms with Crippen molar-refractivity contribution in [3.05, 3.63) is 12.3 Å². The Kier molecular flexibility index (Phi) is 1.61. The Morgan fingerprint density at radius 2 is 2.22 bits per heavy atom. The largest absolute Gasteiger partial charge is 0.406 e. The summed E-state index contributed by atoms with van der Waals surface area (Å²) in [6, 6.07) is 0. The summed E-state index contributed by atoms with van der Waals surface area (Å²) < 4.78 is 37.2. The first-order valence-corrected chi connectivity index (χ1v) is 3.04. The van der Waals surface area contributed by atoms with Crippen LogP contribution in [0.1, 0.15) is 0 Å². The highest BCUT2D eigenvalue weighted by molar-refractivity contribution is 7.98. The Balaban J connectivity index is 2.53. The van der Waals surface area contributed by atoms with Crippen molar-refractivity contribution in [2.45, 2.75) is 11.4 Å². The van der Waals surface area contributed by atoms with E-state index in [4.69, 9.17) is 0 Å². The molecule has 1 nitrogen and oxygen atoms in total. The second-order valence-electron chi connectivity index (χ2n) is 1.47. The molecule has 0 aromatic heterocycles. The van der Waals surface area contributed by atoms with E-state index in [0.717, 1.165) is 0 Å². The van der Waals surface area contributed by atoms with Crippen molar-refractivity contribution in [2.24, 2.45) is 0 Å². The number of rotatable bonds is 0. The minimum absolute atomic E-state index is 0.608. The van der Waals surface area contributed by atoms with Gasteiger partial charge in [0.2, 0.25) is 0 Å². The lowest BCUT2D eigenvalue weighted by Crippen LogP contribution is -2.22. The van der Waals surface area contributed by atoms with Crippen LogP contribution < -0.4 is 4.72 Å². The fourth-order valence-corrected chi connectivity index (χ4v) is 0.949. The van der Waals surface area contributed by atoms with E-state index in [9.17, 15) is 13.2 Å². The highest BCUT2D eigenvalue weighted by atomic mass is 32.2. The fourth-order valence-electron chi connectivity index (χ4n) is 0.407. The molecule has 0 fully saturated rings. The molecule has 9 heavy (non-hydrogen) atoms. The van der Waals surface area contributed by atoms with Crippen molar-refractivity contribution in [2.75, 3.05) is 0 Å². The van der Waals surface area contributed by atoms with Gasteiger partial charge in [0, 0.05) is 6.20 Å². The first kappa shape index (κ1) is 6.80. The van der Waals surface area contributed by atoms with Crippen LogP contribution in [-0.2, 0) is 0 Å². The molecule has 1 unspecified atom stereocenters. The quantitative estimate of drug-likeness (QED) is 0.530. The molecule has 51 valence electrons. The van der Waals surface area contributed by atoms with Crippen molar-refractivity contribution in [3.8, 4) is 0 Å². The molecule has 1 atom stereocenters. The predicted octanol–water partition coefficient (Wildman–Crippen LogP) is 1.49. The third-order valence-electron chi connectivity index (χ3n) is 0.777. The van der Waals surface area contributed by atoms with Crippen LogP contribution in [0.25, 0.3) is 0 Å². The smallest absolute Gasteiger partial charge is 0.335 e. The third kappa shape index (κ3) is 1.54. The van der Waals surface area contributed by atoms with E-state index in [2.05, 4.69) is 10.8 Å². The van der Waals surface area contributed by atoms with E-state index in [1.165, 1.54) is 6.20 Å². The van der Waals surface area contributed by atoms with Crippen LogP contribution >= 0.6 is 11.9 Å². The van der Waals surface area contributed by atoms with Crippen molar-refractivity contribution in [3.63, 3.8) is 0 Å². The SMILES string of the molecule is FC(F)(F)C1[C]=CNS1. The van der Waals surface area contributed by atoms with Crippen LogP contribution in [0, 0.1) is 6.08 Å². The Bertz CT molecular complexity index is 130. The molecular weight excluding hydrogens is 151 g/mol. The van der Waals surface area contributed by atoms with Crippen LogP contribution in [0.2, 0.25) is 0 Å². The third-order valence-corrected chi connectivity index (χ3v) is 1.67. The van der Waals surface area contributed by atoms with Gasteiger partial charge in [-0.3, -0.25) is 0 Å². The van der Waals surface area contributed by atoms with Crippen molar-refractivity contribution in [1.82, 2.24) is 4.72 Å². The molecular formula is C4H3F3NS. The van der Waals surface area contributed by atoms with Gasteiger partial charge < -0.3 is 4.72 Å². The summed E-state index contributed by atoms with van der Waals surface area (Å²) in [5.74, 6) is 0. The average Bonchev–Trinajstić information content (AvgIpc) is 2.08. The zero-order chi connectivity index (χ0) is 6.91. The molecule has 0 bridgehead atoms. The lowest BCUT2D eigenvalue weighted by Gasteiger charge is -2.09. The summed E-state index contributed by atoms with van der Waals surface area (Å²) >= 11 is 0.608. The molecule has 1 heterocycles. The van der Waals surface area contributed by atoms with Crippen molar-refractivity contribution in [1.29, 1.82) is 0 Å². The van der Waals surface area contributed by atoms with Gasteiger partial charge in [0.15, 0.2) is 0 Å². The average molecular weight is 154 g/mol. The highest BCUT2D eigenvalue weighted by Crippen LogP contribution is 2.31. The van der Waals surface area contributed by atoms with E-state index in [1.54, 1.807) is 0 Å². The Labute approximate surface area is 54.4 Å². The molecule has 5 heteroatoms. The zero-order valence-electron chi connectivity index (χ0n) is 4.20. The van der Waals surface area contributed by atoms with Crippen LogP contribution in [0.5, 0.6) is 0 Å². The maximum atomic E-state index is 11.6. The summed E-state index contributed by atoms with van der Waals surface area (Å²) in [6.07, 6.45) is -0.894. The van der Waals surface area contributed by atoms with E-state index in [1.807, 2.05) is 0 Å². The van der Waals surface area contributed by atoms with Crippen LogP contribution in [0.4, 0.5) is 13.2 Å². The number of alkyl halides is 3. The van der Waals surface area contributed by atoms with E-state index < -0.39 is 11.4 Å². The number of nitrogens with one attached hydrogen (secondary N) is 1. The van der Waals surface area contributed by atoms with Crippen molar-refractivity contribution >= 4 is 11.9 Å². The highest BCUT2D eigenvalue weighted by Gasteiger charge is 2.40. The summed E-state index contributed by atoms with van der Waals surface area (Å²) in [7, 11) is 0. The predicted molar refractivity (Wildman–Crippen MR) is 28.4 cm³/mol. The topological polar surface area (TPSA) is 12.0 Å². The summed E-state index contributed by atoms with van der Waals surface area (Å²) in [6.45, 7) is 0. The van der Waals surface area contributed by atoms with Crippen LogP contribution in [0.3, 0.4) is 0 Å². The molecule has 0 aromatic rings. The summed E-state index contributed by atoms with van der Waals surface area (Å²) in [5, 5.41) is -1.49. The minimum atomic E-state index is -4.16. The lowest BCUT2D eigenvalue weighted by atomic mass is 10.4. The molecule has 1 aliphatic rings. The molecule has 1 aliphatic heterocycles. The molecule has 1 N–H and O–H groups in total. The first-order chi connectivity index (χ1) is 4.11. The van der Waals surface area contributed by atoms with Crippen LogP contribution in [0.15, 0.2) is 6.20 Å². The fraction of sp³-hybridized carbons (Fsp3) is 0.500. The normalized spacial score (nSPS) is 26.3. The second kappa shape index (κ2) is 2.13. The van der Waals surface area contributed by atoms with Gasteiger partial charge in [-0.2, -0.15) is 13.2 Å². The first-order valence-electron chi connectivity index (χ1n) is 2.16. The van der Waals surface area contributed by atoms with Gasteiger partial charge in [-0.15, -0.1) is 0 Å². The maximum absolute atomic E-state index is 11.6. The van der Waals surface area contributed by atoms with E-state index >= 15 is 0 Å². The molecule has 1 rings (SSSR count). The Hall–Kier alpha value is -0.320. The maximum Gasteiger partial charge on any atom is 0.406 e. The van der Waals surface area contributed by atoms with Gasteiger partial charge in [-0.05, 0) is 18.0 Å². The number of hydrogen-bond acceptors (Lipinski definition) is 2. The van der Waals surface area contributed by atoms with Crippen molar-refractivity contribution < 1.29 is 13.2 Å². The summed E-state index contributed by atoms with van der Waals surface area (Å²) in [4.78, 5) is 0. The Morgan fingerprint density at radius 1 is 1.56 bits per heavy atom. The van der Waals surface area contributed by atoms with Gasteiger partial charge in [0.05, 0.1) is 0 Å². The molecule has 0 aliphatic carbocycles. The molecule has 1 radical (unpaired) electrons. The number of halogens is 3. The summed E-state index contributed by atoms with van der Waals surface area (Å²) in [5.41, 5.74) is 0. The van der Waals surface area contributed by atoms with Gasteiger partial charge in [-0.1, -0.05) is 0 Å². The standard InChI is InChI=1S/C4H3F3NS/c5-4(6,7)3-1-2-8-9-3/h2-3,8H. The van der Waals surface area contributed by atoms with Gasteiger partial charge >= 0.3 is 6.18 Å². The molecule has 0 saturated carbocycles. The lowest BCUT2D eigenvalue weighted by molar-refractivity contribution is -0.120. The monoisotopic (exact) mass is 154 g/mol. The Morgan fingerprint density at radius 3 is 2.44 bits per heavy atom. The number of hydrogen-bond donors (Lipinski definition) is 1. The minimum Gasteiger partial charge on any atom is -0.335 e. The van der Waals surface area contributed by atoms with Gasteiger partial charge in [0.1, 0.15) is 5.25 Å². The molecule has 0 spiro atoms. The van der Waals surface area contributed by atoms with E-state index in [0.29, 0.717) is 11.9 Å². The van der Waals surface area contributed by atoms with Gasteiger partial charge in [-0.25, -0.2) is 0 Å². The molecule has 0 saturated heterocycles. The van der Waals surface area contributed by atoms with E-state index in [-0.39, 0.29) is 0 Å². The van der Waals surface area contributed by atoms with Gasteiger partial charge in [0.25, 0.3) is 0 Å². The second-order valence-corrected chi connectivity index (χ2v) is 2.41.